The van der Waals surface area contributed by atoms with Gasteiger partial charge >= 0.3 is 6.18 Å². The van der Waals surface area contributed by atoms with Crippen LogP contribution in [0.2, 0.25) is 0 Å². The number of amides is 1. The number of methoxy groups -OCH3 is 1. The molecule has 0 N–H and O–H groups in total. The number of hydrogen-bond donors (Lipinski definition) is 0. The summed E-state index contributed by atoms with van der Waals surface area (Å²) in [5, 5.41) is 3.76. The minimum atomic E-state index is -4.62. The Bertz CT molecular complexity index is 828. The number of likely N-dealkylation sites (N-methyl/N-ethyl adjacent to an activating group) is 1. The second-order valence-electron chi connectivity index (χ2n) is 6.63. The van der Waals surface area contributed by atoms with E-state index in [-0.39, 0.29) is 24.2 Å². The van der Waals surface area contributed by atoms with Gasteiger partial charge in [-0.3, -0.25) is 4.79 Å². The Hall–Kier alpha value is -2.55. The van der Waals surface area contributed by atoms with Crippen molar-refractivity contribution in [3.8, 4) is 11.4 Å². The summed E-state index contributed by atoms with van der Waals surface area (Å²) >= 11 is 0. The first-order valence-electron chi connectivity index (χ1n) is 8.50. The van der Waals surface area contributed by atoms with Crippen molar-refractivity contribution >= 4 is 5.91 Å². The number of alkyl halides is 3. The summed E-state index contributed by atoms with van der Waals surface area (Å²) in [6.45, 7) is 1.32. The molecular weight excluding hydrogens is 361 g/mol. The first-order valence-corrected chi connectivity index (χ1v) is 8.50. The molecule has 1 aromatic heterocycles. The van der Waals surface area contributed by atoms with Gasteiger partial charge in [0.1, 0.15) is 11.4 Å². The van der Waals surface area contributed by atoms with Crippen LogP contribution in [-0.4, -0.2) is 66.3 Å². The lowest BCUT2D eigenvalue weighted by atomic mass is 10.0. The first-order chi connectivity index (χ1) is 12.7. The van der Waals surface area contributed by atoms with Gasteiger partial charge in [-0.25, -0.2) is 4.68 Å². The van der Waals surface area contributed by atoms with Gasteiger partial charge in [0.05, 0.1) is 12.8 Å². The number of rotatable bonds is 5. The summed E-state index contributed by atoms with van der Waals surface area (Å²) in [5.41, 5.74) is -0.666. The smallest absolute Gasteiger partial charge is 0.435 e. The van der Waals surface area contributed by atoms with Gasteiger partial charge in [-0.2, -0.15) is 18.3 Å². The van der Waals surface area contributed by atoms with Crippen LogP contribution >= 0.6 is 0 Å². The van der Waals surface area contributed by atoms with Crippen LogP contribution in [0.25, 0.3) is 5.69 Å². The predicted molar refractivity (Wildman–Crippen MR) is 93.3 cm³/mol. The fraction of sp³-hybridized carbons (Fsp3) is 0.444. The van der Waals surface area contributed by atoms with E-state index in [9.17, 15) is 18.0 Å². The number of halogens is 3. The topological polar surface area (TPSA) is 50.6 Å². The fourth-order valence-electron chi connectivity index (χ4n) is 3.08. The number of carbonyl (C=O) groups is 1. The van der Waals surface area contributed by atoms with Crippen LogP contribution in [0.15, 0.2) is 24.3 Å². The van der Waals surface area contributed by atoms with Gasteiger partial charge in [0.25, 0.3) is 5.91 Å². The molecule has 1 aliphatic heterocycles. The highest BCUT2D eigenvalue weighted by Crippen LogP contribution is 2.36. The number of hydrogen-bond acceptors (Lipinski definition) is 4. The normalized spacial score (nSPS) is 14.6. The first kappa shape index (κ1) is 19.2. The molecule has 2 aromatic rings. The molecule has 0 saturated carbocycles. The highest BCUT2D eigenvalue weighted by atomic mass is 19.4. The van der Waals surface area contributed by atoms with E-state index in [1.165, 1.54) is 7.11 Å². The van der Waals surface area contributed by atoms with Gasteiger partial charge in [0, 0.05) is 25.2 Å². The van der Waals surface area contributed by atoms with Gasteiger partial charge in [-0.15, -0.1) is 0 Å². The second kappa shape index (κ2) is 7.22. The Kier molecular flexibility index (Phi) is 5.14. The molecule has 6 nitrogen and oxygen atoms in total. The average Bonchev–Trinajstić information content (AvgIpc) is 3.02. The number of benzene rings is 1. The third kappa shape index (κ3) is 3.78. The fourth-order valence-corrected chi connectivity index (χ4v) is 3.08. The van der Waals surface area contributed by atoms with Gasteiger partial charge in [-0.1, -0.05) is 0 Å². The zero-order chi connectivity index (χ0) is 19.8. The molecule has 2 heterocycles. The van der Waals surface area contributed by atoms with Gasteiger partial charge in [0.2, 0.25) is 0 Å². The molecule has 0 aliphatic carbocycles. The Morgan fingerprint density at radius 2 is 1.89 bits per heavy atom. The van der Waals surface area contributed by atoms with Gasteiger partial charge in [-0.05, 0) is 44.8 Å². The van der Waals surface area contributed by atoms with E-state index in [1.54, 1.807) is 29.2 Å². The largest absolute Gasteiger partial charge is 0.497 e. The molecule has 1 aromatic carbocycles. The van der Waals surface area contributed by atoms with Gasteiger partial charge in [0.15, 0.2) is 5.69 Å². The van der Waals surface area contributed by atoms with Crippen molar-refractivity contribution in [2.75, 3.05) is 40.8 Å². The lowest BCUT2D eigenvalue weighted by Gasteiger charge is -2.28. The Balaban J connectivity index is 2.06. The van der Waals surface area contributed by atoms with Crippen molar-refractivity contribution in [3.05, 3.63) is 41.2 Å². The van der Waals surface area contributed by atoms with E-state index in [0.717, 1.165) is 4.68 Å². The van der Waals surface area contributed by atoms with E-state index >= 15 is 0 Å². The maximum atomic E-state index is 13.5. The lowest BCUT2D eigenvalue weighted by molar-refractivity contribution is -0.142. The van der Waals surface area contributed by atoms with Crippen LogP contribution in [-0.2, 0) is 12.6 Å². The lowest BCUT2D eigenvalue weighted by Crippen LogP contribution is -2.42. The number of aromatic nitrogens is 2. The van der Waals surface area contributed by atoms with E-state index in [0.29, 0.717) is 24.5 Å². The maximum Gasteiger partial charge on any atom is 0.435 e. The molecule has 9 heteroatoms. The second-order valence-corrected chi connectivity index (χ2v) is 6.63. The third-order valence-electron chi connectivity index (χ3n) is 4.51. The number of ether oxygens (including phenoxy) is 1. The van der Waals surface area contributed by atoms with Crippen molar-refractivity contribution in [1.29, 1.82) is 0 Å². The molecule has 0 atom stereocenters. The standard InChI is InChI=1S/C18H21F3N4O2/c1-23(2)10-11-24-9-8-14-15(17(24)26)25(22-16(14)18(19,20)21)12-4-6-13(27-3)7-5-12/h4-7H,8-11H2,1-3H3. The van der Waals surface area contributed by atoms with E-state index in [2.05, 4.69) is 5.10 Å². The Labute approximate surface area is 155 Å². The number of carbonyl (C=O) groups excluding carboxylic acids is 1. The minimum Gasteiger partial charge on any atom is -0.497 e. The van der Waals surface area contributed by atoms with E-state index in [4.69, 9.17) is 4.74 Å². The van der Waals surface area contributed by atoms with E-state index in [1.807, 2.05) is 19.0 Å². The average molecular weight is 382 g/mol. The predicted octanol–water partition coefficient (Wildman–Crippen LogP) is 2.46. The monoisotopic (exact) mass is 382 g/mol. The molecule has 1 amide bonds. The zero-order valence-corrected chi connectivity index (χ0v) is 15.4. The third-order valence-corrected chi connectivity index (χ3v) is 4.51. The molecule has 3 rings (SSSR count). The SMILES string of the molecule is COc1ccc(-n2nc(C(F)(F)F)c3c2C(=O)N(CCN(C)C)CC3)cc1. The number of fused-ring (bicyclic) bond motifs is 1. The van der Waals surface area contributed by atoms with Crippen LogP contribution in [0.4, 0.5) is 13.2 Å². The summed E-state index contributed by atoms with van der Waals surface area (Å²) in [7, 11) is 5.26. The highest BCUT2D eigenvalue weighted by molar-refractivity contribution is 5.96. The molecule has 0 bridgehead atoms. The summed E-state index contributed by atoms with van der Waals surface area (Å²) in [6.07, 6.45) is -4.49. The molecule has 0 radical (unpaired) electrons. The van der Waals surface area contributed by atoms with Crippen LogP contribution < -0.4 is 4.74 Å². The number of nitrogens with zero attached hydrogens (tertiary/aromatic N) is 4. The maximum absolute atomic E-state index is 13.5. The van der Waals surface area contributed by atoms with Crippen LogP contribution in [0.1, 0.15) is 21.7 Å². The molecular formula is C18H21F3N4O2. The van der Waals surface area contributed by atoms with Crippen LogP contribution in [0.5, 0.6) is 5.75 Å². The summed E-state index contributed by atoms with van der Waals surface area (Å²) in [4.78, 5) is 16.4. The molecule has 146 valence electrons. The molecule has 0 unspecified atom stereocenters. The van der Waals surface area contributed by atoms with Crippen LogP contribution in [0, 0.1) is 0 Å². The molecule has 27 heavy (non-hydrogen) atoms. The summed E-state index contributed by atoms with van der Waals surface area (Å²) < 4.78 is 46.6. The zero-order valence-electron chi connectivity index (χ0n) is 15.4. The summed E-state index contributed by atoms with van der Waals surface area (Å²) in [6, 6.07) is 6.40. The van der Waals surface area contributed by atoms with E-state index < -0.39 is 17.8 Å². The van der Waals surface area contributed by atoms with Crippen molar-refractivity contribution in [2.45, 2.75) is 12.6 Å². The Morgan fingerprint density at radius 3 is 2.44 bits per heavy atom. The molecule has 1 aliphatic rings. The molecule has 0 spiro atoms. The quantitative estimate of drug-likeness (QED) is 0.797. The molecule has 0 fully saturated rings. The van der Waals surface area contributed by atoms with Crippen LogP contribution in [0.3, 0.4) is 0 Å². The summed E-state index contributed by atoms with van der Waals surface area (Å²) in [5.74, 6) is 0.131. The Morgan fingerprint density at radius 1 is 1.22 bits per heavy atom. The van der Waals surface area contributed by atoms with Crippen molar-refractivity contribution in [1.82, 2.24) is 19.6 Å². The minimum absolute atomic E-state index is 0.0162. The molecule has 0 saturated heterocycles. The van der Waals surface area contributed by atoms with Crippen molar-refractivity contribution in [3.63, 3.8) is 0 Å². The van der Waals surface area contributed by atoms with Crippen molar-refractivity contribution in [2.24, 2.45) is 0 Å². The highest BCUT2D eigenvalue weighted by Gasteiger charge is 2.43. The van der Waals surface area contributed by atoms with Crippen molar-refractivity contribution < 1.29 is 22.7 Å². The van der Waals surface area contributed by atoms with Gasteiger partial charge < -0.3 is 14.5 Å².